The second kappa shape index (κ2) is 31.0. The van der Waals surface area contributed by atoms with Gasteiger partial charge in [-0.15, -0.1) is 22.7 Å². The first-order valence-corrected chi connectivity index (χ1v) is 49.3. The number of thiophene rings is 2. The van der Waals surface area contributed by atoms with E-state index in [1.54, 1.807) is 0 Å². The molecule has 2 nitrogen and oxygen atoms in total. The van der Waals surface area contributed by atoms with Gasteiger partial charge in [-0.25, -0.2) is 0 Å². The minimum Gasteiger partial charge on any atom is -0.310 e. The van der Waals surface area contributed by atoms with Gasteiger partial charge in [-0.1, -0.05) is 371 Å². The highest BCUT2D eigenvalue weighted by atomic mass is 32.1. The molecule has 0 spiro atoms. The second-order valence-corrected chi connectivity index (χ2v) is 41.9. The summed E-state index contributed by atoms with van der Waals surface area (Å²) in [6, 6.07) is 165. The molecule has 22 aromatic rings. The lowest BCUT2D eigenvalue weighted by molar-refractivity contribution is 0.660. The Morgan fingerprint density at radius 3 is 0.735 bits per heavy atom. The Morgan fingerprint density at radius 2 is 0.368 bits per heavy atom. The van der Waals surface area contributed by atoms with E-state index in [9.17, 15) is 0 Å². The van der Waals surface area contributed by atoms with E-state index in [4.69, 9.17) is 0 Å². The quantitative estimate of drug-likeness (QED) is 0.101. The van der Waals surface area contributed by atoms with Crippen LogP contribution in [-0.2, 0) is 21.7 Å². The summed E-state index contributed by atoms with van der Waals surface area (Å²) in [6.07, 6.45) is 0. The Balaban J connectivity index is 0.489. The molecule has 20 aromatic carbocycles. The summed E-state index contributed by atoms with van der Waals surface area (Å²) in [7, 11) is 0. The Bertz CT molecular complexity index is 8690. The van der Waals surface area contributed by atoms with Crippen molar-refractivity contribution in [2.75, 3.05) is 9.80 Å². The molecule has 26 rings (SSSR count). The summed E-state index contributed by atoms with van der Waals surface area (Å²) in [6.45, 7) is 19.3. The van der Waals surface area contributed by atoms with Crippen molar-refractivity contribution in [2.24, 2.45) is 0 Å². The Kier molecular flexibility index (Phi) is 18.5. The number of fused-ring (bicyclic) bond motifs is 18. The third kappa shape index (κ3) is 12.9. The number of hydrogen-bond acceptors (Lipinski definition) is 4. The molecule has 4 heteroatoms. The SMILES string of the molecule is CC1(C)c2cc(-c3ccccc3)ccc2-c2ccc(N(c3ccc(-c4cccc(-c5cccc(-c6ccc(-c7ccc8c(c7)C(C)(C)c7cc(N(c9ccc(-c%10ccccc%10-c%10ccccc%10)cc9)c9ccc%10c(c9)C(C)(C)c9cc(-c%11cccc%12c%11sc%11ccccc%11%12)ccc9-%10)ccc7-8)cc6)c5)c4)cc3)c3ccc4c(c3)C(C)(C)c3cc(-c5cccc6c5sc5ccccc56)ccc3-4)cc21. The lowest BCUT2D eigenvalue weighted by Gasteiger charge is -2.30. The van der Waals surface area contributed by atoms with Crippen LogP contribution >= 0.6 is 22.7 Å². The Labute approximate surface area is 803 Å². The summed E-state index contributed by atoms with van der Waals surface area (Å²) in [5.41, 5.74) is 48.6. The van der Waals surface area contributed by atoms with E-state index in [1.807, 2.05) is 22.7 Å². The summed E-state index contributed by atoms with van der Waals surface area (Å²) in [4.78, 5) is 5.00. The molecule has 0 aliphatic heterocycles. The van der Waals surface area contributed by atoms with Crippen LogP contribution < -0.4 is 9.80 Å². The normalized spacial score (nSPS) is 14.0. The summed E-state index contributed by atoms with van der Waals surface area (Å²) < 4.78 is 5.33. The molecule has 0 atom stereocenters. The molecule has 0 saturated heterocycles. The molecule has 4 aliphatic carbocycles. The number of anilines is 6. The largest absolute Gasteiger partial charge is 0.310 e. The van der Waals surface area contributed by atoms with Crippen molar-refractivity contribution >= 4 is 97.1 Å². The van der Waals surface area contributed by atoms with Gasteiger partial charge < -0.3 is 9.80 Å². The van der Waals surface area contributed by atoms with Crippen molar-refractivity contribution in [2.45, 2.75) is 77.0 Å². The van der Waals surface area contributed by atoms with Gasteiger partial charge >= 0.3 is 0 Å². The molecule has 0 unspecified atom stereocenters. The van der Waals surface area contributed by atoms with Gasteiger partial charge in [-0.05, 0) is 310 Å². The fourth-order valence-corrected chi connectivity index (χ4v) is 25.9. The number of benzene rings is 20. The minimum atomic E-state index is -0.306. The number of nitrogens with zero attached hydrogens (tertiary/aromatic N) is 2. The monoisotopic (exact) mass is 1770 g/mol. The van der Waals surface area contributed by atoms with E-state index in [0.717, 1.165) is 39.7 Å². The maximum absolute atomic E-state index is 2.50. The minimum absolute atomic E-state index is 0.244. The third-order valence-corrected chi connectivity index (χ3v) is 33.2. The molecular weight excluding hydrogens is 1680 g/mol. The van der Waals surface area contributed by atoms with Crippen molar-refractivity contribution in [3.63, 3.8) is 0 Å². The summed E-state index contributed by atoms with van der Waals surface area (Å²) >= 11 is 3.80. The molecule has 136 heavy (non-hydrogen) atoms. The molecule has 2 heterocycles. The highest BCUT2D eigenvalue weighted by Crippen LogP contribution is 2.59. The van der Waals surface area contributed by atoms with Crippen LogP contribution in [0.4, 0.5) is 34.1 Å². The lowest BCUT2D eigenvalue weighted by atomic mass is 9.81. The van der Waals surface area contributed by atoms with Gasteiger partial charge in [-0.3, -0.25) is 0 Å². The van der Waals surface area contributed by atoms with E-state index in [2.05, 4.69) is 502 Å². The van der Waals surface area contributed by atoms with E-state index in [0.29, 0.717) is 0 Å². The van der Waals surface area contributed by atoms with Crippen molar-refractivity contribution in [1.82, 2.24) is 0 Å². The van der Waals surface area contributed by atoms with Crippen molar-refractivity contribution in [3.05, 3.63) is 481 Å². The van der Waals surface area contributed by atoms with Gasteiger partial charge in [0.15, 0.2) is 0 Å². The predicted molar refractivity (Wildman–Crippen MR) is 581 cm³/mol. The molecule has 4 aliphatic rings. The van der Waals surface area contributed by atoms with E-state index >= 15 is 0 Å². The van der Waals surface area contributed by atoms with E-state index in [-0.39, 0.29) is 21.7 Å². The zero-order valence-electron chi connectivity index (χ0n) is 77.3. The molecule has 646 valence electrons. The molecule has 0 radical (unpaired) electrons. The average Bonchev–Trinajstić information content (AvgIpc) is 1.57. The molecule has 0 amide bonds. The van der Waals surface area contributed by atoms with Crippen molar-refractivity contribution in [3.8, 4) is 145 Å². The number of hydrogen-bond donors (Lipinski definition) is 0. The average molecular weight is 1770 g/mol. The summed E-state index contributed by atoms with van der Waals surface area (Å²) in [5, 5.41) is 5.30. The van der Waals surface area contributed by atoms with Gasteiger partial charge in [0.1, 0.15) is 0 Å². The maximum Gasteiger partial charge on any atom is 0.0465 e. The van der Waals surface area contributed by atoms with Gasteiger partial charge in [0.05, 0.1) is 0 Å². The van der Waals surface area contributed by atoms with Crippen LogP contribution in [0.2, 0.25) is 0 Å². The highest BCUT2D eigenvalue weighted by molar-refractivity contribution is 7.26. The van der Waals surface area contributed by atoms with E-state index in [1.165, 1.54) is 224 Å². The maximum atomic E-state index is 2.50. The summed E-state index contributed by atoms with van der Waals surface area (Å²) in [5.74, 6) is 0. The fourth-order valence-electron chi connectivity index (χ4n) is 23.4. The van der Waals surface area contributed by atoms with Gasteiger partial charge in [-0.2, -0.15) is 0 Å². The molecule has 0 fully saturated rings. The zero-order valence-corrected chi connectivity index (χ0v) is 78.9. The highest BCUT2D eigenvalue weighted by Gasteiger charge is 2.42. The number of rotatable bonds is 15. The van der Waals surface area contributed by atoms with Crippen LogP contribution in [0.3, 0.4) is 0 Å². The lowest BCUT2D eigenvalue weighted by Crippen LogP contribution is -2.18. The van der Waals surface area contributed by atoms with Crippen LogP contribution in [0, 0.1) is 0 Å². The van der Waals surface area contributed by atoms with Crippen molar-refractivity contribution < 1.29 is 0 Å². The molecule has 0 saturated carbocycles. The molecular formula is C132H96N2S2. The first-order chi connectivity index (χ1) is 66.4. The predicted octanol–water partition coefficient (Wildman–Crippen LogP) is 37.6. The van der Waals surface area contributed by atoms with Crippen molar-refractivity contribution in [1.29, 1.82) is 0 Å². The van der Waals surface area contributed by atoms with Gasteiger partial charge in [0, 0.05) is 96.1 Å². The smallest absolute Gasteiger partial charge is 0.0465 e. The molecule has 0 N–H and O–H groups in total. The third-order valence-electron chi connectivity index (χ3n) is 30.7. The Morgan fingerprint density at radius 1 is 0.147 bits per heavy atom. The molecule has 0 bridgehead atoms. The second-order valence-electron chi connectivity index (χ2n) is 39.8. The van der Waals surface area contributed by atoms with Gasteiger partial charge in [0.2, 0.25) is 0 Å². The zero-order chi connectivity index (χ0) is 91.2. The standard InChI is InChI=1S/C132H96N2S2/c1-129(2)117-73-91(81-25-11-9-12-26-81)51-63-105(117)109-67-59-97(77-121(109)129)133(98-61-69-111-107-65-53-93(75-119(107)131(5,6)123(111)79-98)103-37-23-39-115-113-35-17-19-41-125(113)135-127(103)115)95-55-47-84(48-56-95)88-30-22-32-90(72-88)89-31-21-29-87(71-89)82-43-45-83(46-44-82)92-52-64-106-110-68-60-99(78-122(110)130(3,4)118(106)74-92)134(96-57-49-86(50-58-96)102-34-16-15-33-101(102)85-27-13-10-14-28-85)100-62-70-112-108-66-54-94(76-120(108)132(7,8)124(112)80-100)104-38-24-40-116-114-36-18-20-42-126(114)136-128(104)116/h9-80H,1-8H3. The van der Waals surface area contributed by atoms with Crippen LogP contribution in [0.1, 0.15) is 99.9 Å². The van der Waals surface area contributed by atoms with E-state index < -0.39 is 0 Å². The first-order valence-electron chi connectivity index (χ1n) is 47.7. The van der Waals surface area contributed by atoms with Crippen LogP contribution in [0.25, 0.3) is 185 Å². The fraction of sp³-hybridized carbons (Fsp3) is 0.0909. The Hall–Kier alpha value is -15.6. The topological polar surface area (TPSA) is 6.48 Å². The van der Waals surface area contributed by atoms with Crippen LogP contribution in [0.15, 0.2) is 437 Å². The van der Waals surface area contributed by atoms with Crippen LogP contribution in [-0.4, -0.2) is 0 Å². The molecule has 2 aromatic heterocycles. The van der Waals surface area contributed by atoms with Crippen LogP contribution in [0.5, 0.6) is 0 Å². The first kappa shape index (κ1) is 81.2. The van der Waals surface area contributed by atoms with Gasteiger partial charge in [0.25, 0.3) is 0 Å².